The van der Waals surface area contributed by atoms with Gasteiger partial charge in [0.15, 0.2) is 5.15 Å². The van der Waals surface area contributed by atoms with Gasteiger partial charge in [-0.05, 0) is 30.9 Å². The fourth-order valence-corrected chi connectivity index (χ4v) is 3.20. The number of H-pyrrole nitrogens is 1. The second-order valence-electron chi connectivity index (χ2n) is 6.18. The summed E-state index contributed by atoms with van der Waals surface area (Å²) in [6.07, 6.45) is 0. The highest BCUT2D eigenvalue weighted by atomic mass is 35.5. The molecule has 0 saturated heterocycles. The Bertz CT molecular complexity index is 1150. The number of nitrogens with one attached hydrogen (secondary N) is 1. The Hall–Kier alpha value is -3.31. The number of aromatic amines is 1. The number of hydrogen-bond acceptors (Lipinski definition) is 4. The predicted octanol–water partition coefficient (Wildman–Crippen LogP) is 3.43. The highest BCUT2D eigenvalue weighted by Crippen LogP contribution is 2.34. The second kappa shape index (κ2) is 6.78. The average Bonchev–Trinajstić information content (AvgIpc) is 3.13. The van der Waals surface area contributed by atoms with Crippen LogP contribution in [0.3, 0.4) is 0 Å². The van der Waals surface area contributed by atoms with Crippen molar-refractivity contribution >= 4 is 28.9 Å². The van der Waals surface area contributed by atoms with Gasteiger partial charge in [-0.25, -0.2) is 14.3 Å². The molecule has 1 atom stereocenters. The van der Waals surface area contributed by atoms with Gasteiger partial charge in [0.05, 0.1) is 4.92 Å². The van der Waals surface area contributed by atoms with Gasteiger partial charge in [0, 0.05) is 11.8 Å². The Labute approximate surface area is 158 Å². The lowest BCUT2D eigenvalue weighted by atomic mass is 9.94. The number of aromatic nitrogens is 3. The summed E-state index contributed by atoms with van der Waals surface area (Å²) in [5, 5.41) is 23.1. The van der Waals surface area contributed by atoms with Gasteiger partial charge in [0.25, 0.3) is 0 Å². The molecule has 2 N–H and O–H groups in total. The lowest BCUT2D eigenvalue weighted by molar-refractivity contribution is -0.383. The monoisotopic (exact) mass is 386 g/mol. The van der Waals surface area contributed by atoms with E-state index in [1.165, 1.54) is 4.52 Å². The SMILES string of the molecule is Cc1ccc(C)c(C(C)c2nc3c([N+](=O)[O-])c(C#CC(=O)O)c(Cl)n3[nH]2)c1. The van der Waals surface area contributed by atoms with Crippen LogP contribution in [0.2, 0.25) is 5.15 Å². The Balaban J connectivity index is 2.18. The van der Waals surface area contributed by atoms with Crippen molar-refractivity contribution in [1.82, 2.24) is 14.6 Å². The highest BCUT2D eigenvalue weighted by Gasteiger charge is 2.30. The zero-order chi connectivity index (χ0) is 19.9. The Morgan fingerprint density at radius 3 is 2.78 bits per heavy atom. The third kappa shape index (κ3) is 3.25. The molecule has 0 fully saturated rings. The number of nitrogens with zero attached hydrogens (tertiary/aromatic N) is 3. The highest BCUT2D eigenvalue weighted by molar-refractivity contribution is 6.31. The van der Waals surface area contributed by atoms with E-state index in [4.69, 9.17) is 16.7 Å². The number of carboxylic acid groups (broad SMARTS) is 1. The molecule has 9 heteroatoms. The minimum atomic E-state index is -1.41. The zero-order valence-corrected chi connectivity index (χ0v) is 15.5. The smallest absolute Gasteiger partial charge is 0.382 e. The van der Waals surface area contributed by atoms with Crippen molar-refractivity contribution in [3.05, 3.63) is 61.5 Å². The van der Waals surface area contributed by atoms with E-state index in [9.17, 15) is 14.9 Å². The topological polar surface area (TPSA) is 114 Å². The summed E-state index contributed by atoms with van der Waals surface area (Å²) in [5.41, 5.74) is 2.58. The van der Waals surface area contributed by atoms with E-state index in [-0.39, 0.29) is 22.3 Å². The summed E-state index contributed by atoms with van der Waals surface area (Å²) in [6, 6.07) is 6.05. The van der Waals surface area contributed by atoms with Crippen molar-refractivity contribution in [3.8, 4) is 11.8 Å². The Morgan fingerprint density at radius 2 is 2.15 bits per heavy atom. The summed E-state index contributed by atoms with van der Waals surface area (Å²) >= 11 is 6.20. The molecular formula is C18H15ClN4O4. The maximum Gasteiger partial charge on any atom is 0.382 e. The maximum absolute atomic E-state index is 11.5. The molecule has 0 bridgehead atoms. The minimum absolute atomic E-state index is 0.00755. The van der Waals surface area contributed by atoms with Crippen LogP contribution in [0, 0.1) is 35.8 Å². The lowest BCUT2D eigenvalue weighted by Gasteiger charge is -2.13. The first kappa shape index (κ1) is 18.5. The fourth-order valence-electron chi connectivity index (χ4n) is 2.95. The molecule has 8 nitrogen and oxygen atoms in total. The number of hydrogen-bond donors (Lipinski definition) is 2. The van der Waals surface area contributed by atoms with Crippen LogP contribution in [0.4, 0.5) is 5.69 Å². The van der Waals surface area contributed by atoms with E-state index in [1.54, 1.807) is 0 Å². The molecule has 3 aromatic rings. The van der Waals surface area contributed by atoms with Crippen LogP contribution in [0.15, 0.2) is 18.2 Å². The minimum Gasteiger partial charge on any atom is -0.472 e. The molecule has 0 aliphatic rings. The Kier molecular flexibility index (Phi) is 4.64. The molecule has 2 aromatic heterocycles. The summed E-state index contributed by atoms with van der Waals surface area (Å²) in [6.45, 7) is 5.90. The molecule has 27 heavy (non-hydrogen) atoms. The molecular weight excluding hydrogens is 372 g/mol. The van der Waals surface area contributed by atoms with Crippen molar-refractivity contribution in [1.29, 1.82) is 0 Å². The first-order valence-electron chi connectivity index (χ1n) is 7.97. The third-order valence-electron chi connectivity index (χ3n) is 4.30. The first-order chi connectivity index (χ1) is 12.7. The number of aryl methyl sites for hydroxylation is 2. The van der Waals surface area contributed by atoms with Gasteiger partial charge >= 0.3 is 11.7 Å². The summed E-state index contributed by atoms with van der Waals surface area (Å²) in [7, 11) is 0. The van der Waals surface area contributed by atoms with Crippen molar-refractivity contribution in [3.63, 3.8) is 0 Å². The molecule has 1 unspecified atom stereocenters. The van der Waals surface area contributed by atoms with Gasteiger partial charge in [-0.1, -0.05) is 42.3 Å². The molecule has 0 amide bonds. The van der Waals surface area contributed by atoms with E-state index in [1.807, 2.05) is 44.9 Å². The van der Waals surface area contributed by atoms with Gasteiger partial charge in [-0.15, -0.1) is 0 Å². The normalized spacial score (nSPS) is 11.9. The molecule has 3 rings (SSSR count). The van der Waals surface area contributed by atoms with Gasteiger partial charge < -0.3 is 5.11 Å². The van der Waals surface area contributed by atoms with Crippen LogP contribution >= 0.6 is 11.6 Å². The van der Waals surface area contributed by atoms with Crippen LogP contribution < -0.4 is 0 Å². The van der Waals surface area contributed by atoms with Crippen molar-refractivity contribution in [2.24, 2.45) is 0 Å². The van der Waals surface area contributed by atoms with E-state index < -0.39 is 16.6 Å². The maximum atomic E-state index is 11.5. The first-order valence-corrected chi connectivity index (χ1v) is 8.34. The number of rotatable bonds is 3. The molecule has 0 spiro atoms. The molecule has 2 heterocycles. The molecule has 1 aromatic carbocycles. The summed E-state index contributed by atoms with van der Waals surface area (Å²) in [5.74, 6) is 3.01. The van der Waals surface area contributed by atoms with Crippen molar-refractivity contribution < 1.29 is 14.8 Å². The molecule has 0 aliphatic heterocycles. The standard InChI is InChI=1S/C18H15ClN4O4/c1-9-4-5-10(2)13(8-9)11(3)17-20-18-15(23(26)27)12(6-7-14(24)25)16(19)22(18)21-17/h4-5,8,11H,1-3H3,(H,20,21)(H,24,25). The lowest BCUT2D eigenvalue weighted by Crippen LogP contribution is -2.02. The third-order valence-corrected chi connectivity index (χ3v) is 4.66. The molecule has 0 saturated carbocycles. The Morgan fingerprint density at radius 1 is 1.44 bits per heavy atom. The number of carbonyl (C=O) groups is 1. The van der Waals surface area contributed by atoms with Crippen LogP contribution in [0.25, 0.3) is 5.65 Å². The van der Waals surface area contributed by atoms with Crippen LogP contribution in [-0.2, 0) is 4.79 Å². The number of benzene rings is 1. The number of nitro groups is 1. The predicted molar refractivity (Wildman–Crippen MR) is 99.2 cm³/mol. The second-order valence-corrected chi connectivity index (χ2v) is 6.53. The van der Waals surface area contributed by atoms with Gasteiger partial charge in [-0.3, -0.25) is 15.2 Å². The number of fused-ring (bicyclic) bond motifs is 1. The number of aliphatic carboxylic acids is 1. The number of carboxylic acids is 1. The molecule has 0 aliphatic carbocycles. The van der Waals surface area contributed by atoms with E-state index >= 15 is 0 Å². The van der Waals surface area contributed by atoms with Crippen LogP contribution in [0.1, 0.15) is 40.9 Å². The zero-order valence-electron chi connectivity index (χ0n) is 14.7. The van der Waals surface area contributed by atoms with Gasteiger partial charge in [0.1, 0.15) is 11.4 Å². The molecule has 0 radical (unpaired) electrons. The van der Waals surface area contributed by atoms with Crippen LogP contribution in [-0.4, -0.2) is 30.6 Å². The van der Waals surface area contributed by atoms with Gasteiger partial charge in [-0.2, -0.15) is 0 Å². The van der Waals surface area contributed by atoms with Crippen molar-refractivity contribution in [2.45, 2.75) is 26.7 Å². The van der Waals surface area contributed by atoms with E-state index in [0.29, 0.717) is 5.82 Å². The summed E-state index contributed by atoms with van der Waals surface area (Å²) < 4.78 is 1.25. The molecule has 138 valence electrons. The van der Waals surface area contributed by atoms with E-state index in [0.717, 1.165) is 16.7 Å². The largest absolute Gasteiger partial charge is 0.472 e. The van der Waals surface area contributed by atoms with Gasteiger partial charge in [0.2, 0.25) is 5.65 Å². The summed E-state index contributed by atoms with van der Waals surface area (Å²) in [4.78, 5) is 25.9. The van der Waals surface area contributed by atoms with E-state index in [2.05, 4.69) is 16.0 Å². The quantitative estimate of drug-likeness (QED) is 0.406. The number of halogens is 1. The van der Waals surface area contributed by atoms with Crippen LogP contribution in [0.5, 0.6) is 0 Å². The average molecular weight is 387 g/mol. The van der Waals surface area contributed by atoms with Crippen molar-refractivity contribution in [2.75, 3.05) is 0 Å². The fraction of sp³-hybridized carbons (Fsp3) is 0.222.